The molecule has 0 saturated carbocycles. The third-order valence-corrected chi connectivity index (χ3v) is 3.20. The van der Waals surface area contributed by atoms with Gasteiger partial charge in [-0.05, 0) is 50.5 Å². The summed E-state index contributed by atoms with van der Waals surface area (Å²) in [6.07, 6.45) is 1.71. The van der Waals surface area contributed by atoms with Crippen molar-refractivity contribution in [1.29, 1.82) is 0 Å². The van der Waals surface area contributed by atoms with Crippen molar-refractivity contribution < 1.29 is 9.53 Å². The zero-order chi connectivity index (χ0) is 12.5. The van der Waals surface area contributed by atoms with E-state index in [0.29, 0.717) is 12.3 Å². The van der Waals surface area contributed by atoms with Gasteiger partial charge in [0.2, 0.25) is 0 Å². The summed E-state index contributed by atoms with van der Waals surface area (Å²) < 4.78 is 5.50. The number of benzene rings is 1. The molecule has 4 heteroatoms. The predicted octanol–water partition coefficient (Wildman–Crippen LogP) is 2.08. The SMILES string of the molecule is Cc1cc(N)ccc1NC(=O)C1(C)CCCO1. The number of rotatable bonds is 2. The van der Waals surface area contributed by atoms with Gasteiger partial charge in [0.1, 0.15) is 5.60 Å². The van der Waals surface area contributed by atoms with E-state index < -0.39 is 5.60 Å². The second-order valence-corrected chi connectivity index (χ2v) is 4.71. The minimum Gasteiger partial charge on any atom is -0.399 e. The Bertz CT molecular complexity index is 437. The lowest BCUT2D eigenvalue weighted by Gasteiger charge is -2.22. The number of nitrogens with two attached hydrogens (primary N) is 1. The number of amides is 1. The van der Waals surface area contributed by atoms with Crippen LogP contribution in [-0.4, -0.2) is 18.1 Å². The molecule has 1 amide bonds. The van der Waals surface area contributed by atoms with Gasteiger partial charge in [-0.1, -0.05) is 0 Å². The topological polar surface area (TPSA) is 64.3 Å². The van der Waals surface area contributed by atoms with Crippen molar-refractivity contribution in [2.24, 2.45) is 0 Å². The Morgan fingerprint density at radius 1 is 1.53 bits per heavy atom. The third-order valence-electron chi connectivity index (χ3n) is 3.20. The average Bonchev–Trinajstić information content (AvgIpc) is 2.71. The van der Waals surface area contributed by atoms with E-state index >= 15 is 0 Å². The fourth-order valence-corrected chi connectivity index (χ4v) is 2.04. The van der Waals surface area contributed by atoms with Crippen molar-refractivity contribution in [3.63, 3.8) is 0 Å². The fourth-order valence-electron chi connectivity index (χ4n) is 2.04. The van der Waals surface area contributed by atoms with Gasteiger partial charge in [-0.15, -0.1) is 0 Å². The van der Waals surface area contributed by atoms with Gasteiger partial charge in [-0.25, -0.2) is 0 Å². The molecule has 2 rings (SSSR count). The van der Waals surface area contributed by atoms with Crippen LogP contribution in [0.4, 0.5) is 11.4 Å². The van der Waals surface area contributed by atoms with Crippen molar-refractivity contribution in [1.82, 2.24) is 0 Å². The number of nitrogens with one attached hydrogen (secondary N) is 1. The number of carbonyl (C=O) groups is 1. The van der Waals surface area contributed by atoms with Crippen molar-refractivity contribution in [3.8, 4) is 0 Å². The van der Waals surface area contributed by atoms with E-state index in [0.717, 1.165) is 24.1 Å². The van der Waals surface area contributed by atoms with E-state index in [-0.39, 0.29) is 5.91 Å². The molecule has 1 aromatic rings. The first-order chi connectivity index (χ1) is 8.01. The first-order valence-electron chi connectivity index (χ1n) is 5.83. The van der Waals surface area contributed by atoms with Gasteiger partial charge in [-0.2, -0.15) is 0 Å². The summed E-state index contributed by atoms with van der Waals surface area (Å²) in [6, 6.07) is 5.44. The van der Waals surface area contributed by atoms with Crippen LogP contribution in [0.25, 0.3) is 0 Å². The predicted molar refractivity (Wildman–Crippen MR) is 67.8 cm³/mol. The number of nitrogen functional groups attached to an aromatic ring is 1. The average molecular weight is 234 g/mol. The number of hydrogen-bond donors (Lipinski definition) is 2. The molecule has 17 heavy (non-hydrogen) atoms. The molecule has 1 saturated heterocycles. The Labute approximate surface area is 101 Å². The molecule has 92 valence electrons. The van der Waals surface area contributed by atoms with Crippen molar-refractivity contribution >= 4 is 17.3 Å². The van der Waals surface area contributed by atoms with Crippen LogP contribution >= 0.6 is 0 Å². The molecule has 1 atom stereocenters. The molecule has 0 aliphatic carbocycles. The monoisotopic (exact) mass is 234 g/mol. The Morgan fingerprint density at radius 3 is 2.88 bits per heavy atom. The molecule has 1 fully saturated rings. The quantitative estimate of drug-likeness (QED) is 0.770. The lowest BCUT2D eigenvalue weighted by atomic mass is 10.0. The lowest BCUT2D eigenvalue weighted by Crippen LogP contribution is -2.39. The van der Waals surface area contributed by atoms with E-state index in [1.165, 1.54) is 0 Å². The maximum Gasteiger partial charge on any atom is 0.256 e. The highest BCUT2D eigenvalue weighted by Gasteiger charge is 2.37. The van der Waals surface area contributed by atoms with E-state index in [9.17, 15) is 4.79 Å². The van der Waals surface area contributed by atoms with Crippen LogP contribution in [0, 0.1) is 6.92 Å². The summed E-state index contributed by atoms with van der Waals surface area (Å²) in [7, 11) is 0. The van der Waals surface area contributed by atoms with Crippen molar-refractivity contribution in [2.45, 2.75) is 32.3 Å². The number of carbonyl (C=O) groups excluding carboxylic acids is 1. The van der Waals surface area contributed by atoms with Crippen LogP contribution in [0.3, 0.4) is 0 Å². The first kappa shape index (κ1) is 11.9. The molecule has 1 heterocycles. The van der Waals surface area contributed by atoms with Gasteiger partial charge in [0.15, 0.2) is 0 Å². The fraction of sp³-hybridized carbons (Fsp3) is 0.462. The molecule has 0 bridgehead atoms. The Kier molecular flexibility index (Phi) is 3.07. The minimum absolute atomic E-state index is 0.0807. The highest BCUT2D eigenvalue weighted by molar-refractivity contribution is 5.97. The molecule has 0 aromatic heterocycles. The molecule has 1 unspecified atom stereocenters. The summed E-state index contributed by atoms with van der Waals surface area (Å²) in [6.45, 7) is 4.41. The summed E-state index contributed by atoms with van der Waals surface area (Å²) in [5, 5.41) is 2.90. The van der Waals surface area contributed by atoms with E-state index in [2.05, 4.69) is 5.32 Å². The van der Waals surface area contributed by atoms with Gasteiger partial charge in [0.25, 0.3) is 5.91 Å². The zero-order valence-electron chi connectivity index (χ0n) is 10.2. The van der Waals surface area contributed by atoms with Crippen LogP contribution in [0.1, 0.15) is 25.3 Å². The van der Waals surface area contributed by atoms with E-state index in [1.54, 1.807) is 6.07 Å². The number of hydrogen-bond acceptors (Lipinski definition) is 3. The van der Waals surface area contributed by atoms with Gasteiger partial charge < -0.3 is 15.8 Å². The molecular weight excluding hydrogens is 216 g/mol. The smallest absolute Gasteiger partial charge is 0.256 e. The van der Waals surface area contributed by atoms with E-state index in [1.807, 2.05) is 26.0 Å². The molecular formula is C13H18N2O2. The standard InChI is InChI=1S/C13H18N2O2/c1-9-8-10(14)4-5-11(9)15-12(16)13(2)6-3-7-17-13/h4-5,8H,3,6-7,14H2,1-2H3,(H,15,16). The molecule has 0 radical (unpaired) electrons. The van der Waals surface area contributed by atoms with Crippen molar-refractivity contribution in [2.75, 3.05) is 17.7 Å². The summed E-state index contributed by atoms with van der Waals surface area (Å²) in [5.41, 5.74) is 7.43. The molecule has 1 aliphatic heterocycles. The maximum absolute atomic E-state index is 12.1. The molecule has 0 spiro atoms. The molecule has 1 aliphatic rings. The first-order valence-corrected chi connectivity index (χ1v) is 5.83. The van der Waals surface area contributed by atoms with Crippen LogP contribution in [0.15, 0.2) is 18.2 Å². The Morgan fingerprint density at radius 2 is 2.29 bits per heavy atom. The summed E-state index contributed by atoms with van der Waals surface area (Å²) >= 11 is 0. The van der Waals surface area contributed by atoms with Gasteiger partial charge in [0.05, 0.1) is 0 Å². The summed E-state index contributed by atoms with van der Waals surface area (Å²) in [5.74, 6) is -0.0807. The normalized spacial score (nSPS) is 23.6. The molecule has 1 aromatic carbocycles. The van der Waals surface area contributed by atoms with E-state index in [4.69, 9.17) is 10.5 Å². The van der Waals surface area contributed by atoms with Crippen LogP contribution in [0.2, 0.25) is 0 Å². The number of ether oxygens (including phenoxy) is 1. The second-order valence-electron chi connectivity index (χ2n) is 4.71. The largest absolute Gasteiger partial charge is 0.399 e. The second kappa shape index (κ2) is 4.37. The van der Waals surface area contributed by atoms with Crippen molar-refractivity contribution in [3.05, 3.63) is 23.8 Å². The van der Waals surface area contributed by atoms with Crippen LogP contribution in [0.5, 0.6) is 0 Å². The van der Waals surface area contributed by atoms with Gasteiger partial charge in [0, 0.05) is 18.0 Å². The third kappa shape index (κ3) is 2.42. The lowest BCUT2D eigenvalue weighted by molar-refractivity contribution is -0.133. The Balaban J connectivity index is 2.13. The summed E-state index contributed by atoms with van der Waals surface area (Å²) in [4.78, 5) is 12.1. The zero-order valence-corrected chi connectivity index (χ0v) is 10.2. The minimum atomic E-state index is -0.687. The van der Waals surface area contributed by atoms with Gasteiger partial charge in [-0.3, -0.25) is 4.79 Å². The number of aryl methyl sites for hydroxylation is 1. The highest BCUT2D eigenvalue weighted by Crippen LogP contribution is 2.27. The highest BCUT2D eigenvalue weighted by atomic mass is 16.5. The van der Waals surface area contributed by atoms with Crippen LogP contribution < -0.4 is 11.1 Å². The number of anilines is 2. The Hall–Kier alpha value is -1.55. The van der Waals surface area contributed by atoms with Crippen LogP contribution in [-0.2, 0) is 9.53 Å². The molecule has 3 N–H and O–H groups in total. The molecule has 4 nitrogen and oxygen atoms in total. The maximum atomic E-state index is 12.1. The van der Waals surface area contributed by atoms with Gasteiger partial charge >= 0.3 is 0 Å².